The zero-order valence-electron chi connectivity index (χ0n) is 9.44. The molecule has 0 spiro atoms. The van der Waals surface area contributed by atoms with E-state index < -0.39 is 0 Å². The maximum Gasteiger partial charge on any atom is 0.235 e. The average molecular weight is 253 g/mol. The number of halogens is 1. The molecule has 1 aliphatic rings. The normalized spacial score (nSPS) is 18.0. The van der Waals surface area contributed by atoms with Gasteiger partial charge in [0.15, 0.2) is 5.76 Å². The highest BCUT2D eigenvalue weighted by Gasteiger charge is 2.30. The van der Waals surface area contributed by atoms with Crippen LogP contribution in [0.5, 0.6) is 11.5 Å². The number of carbonyl (C=O) groups is 1. The third kappa shape index (κ3) is 2.29. The van der Waals surface area contributed by atoms with E-state index in [9.17, 15) is 9.90 Å². The van der Waals surface area contributed by atoms with Gasteiger partial charge in [0.25, 0.3) is 0 Å². The van der Waals surface area contributed by atoms with Crippen LogP contribution in [0.3, 0.4) is 0 Å². The van der Waals surface area contributed by atoms with Crippen molar-refractivity contribution >= 4 is 17.4 Å². The smallest absolute Gasteiger partial charge is 0.235 e. The molecule has 4 heteroatoms. The van der Waals surface area contributed by atoms with Gasteiger partial charge in [-0.1, -0.05) is 19.4 Å². The van der Waals surface area contributed by atoms with Crippen LogP contribution >= 0.6 is 11.6 Å². The summed E-state index contributed by atoms with van der Waals surface area (Å²) in [6, 6.07) is 4.75. The maximum absolute atomic E-state index is 11.9. The minimum absolute atomic E-state index is 0.0579. The summed E-state index contributed by atoms with van der Waals surface area (Å²) in [6.45, 7) is 2.02. The molecular weight excluding hydrogens is 240 g/mol. The average Bonchev–Trinajstić information content (AvgIpc) is 2.57. The van der Waals surface area contributed by atoms with Gasteiger partial charge in [-0.3, -0.25) is 4.79 Å². The van der Waals surface area contributed by atoms with Crippen molar-refractivity contribution in [2.75, 3.05) is 0 Å². The molecule has 0 bridgehead atoms. The summed E-state index contributed by atoms with van der Waals surface area (Å²) in [5.41, 5.74) is 0.221. The van der Waals surface area contributed by atoms with Crippen LogP contribution < -0.4 is 4.74 Å². The van der Waals surface area contributed by atoms with Gasteiger partial charge in [0, 0.05) is 0 Å². The highest BCUT2D eigenvalue weighted by molar-refractivity contribution is 6.22. The van der Waals surface area contributed by atoms with Crippen LogP contribution in [-0.4, -0.2) is 16.3 Å². The van der Waals surface area contributed by atoms with E-state index in [2.05, 4.69) is 0 Å². The lowest BCUT2D eigenvalue weighted by atomic mass is 10.1. The minimum atomic E-state index is -0.306. The van der Waals surface area contributed by atoms with Gasteiger partial charge in [-0.25, -0.2) is 0 Å². The molecule has 1 unspecified atom stereocenters. The highest BCUT2D eigenvalue weighted by atomic mass is 35.5. The van der Waals surface area contributed by atoms with Gasteiger partial charge in [0.05, 0.1) is 5.38 Å². The predicted molar refractivity (Wildman–Crippen MR) is 65.7 cm³/mol. The molecule has 1 aromatic carbocycles. The number of aromatic hydroxyl groups is 1. The van der Waals surface area contributed by atoms with E-state index >= 15 is 0 Å². The topological polar surface area (TPSA) is 46.5 Å². The standard InChI is InChI=1S/C13H13ClO3/c1-2-4-8(14)7-11-13(16)12-9(15)5-3-6-10(12)17-11/h3,5-8,15H,2,4H2,1H3. The van der Waals surface area contributed by atoms with Crippen molar-refractivity contribution in [3.8, 4) is 11.5 Å². The number of carbonyl (C=O) groups excluding carboxylic acids is 1. The van der Waals surface area contributed by atoms with Gasteiger partial charge < -0.3 is 9.84 Å². The van der Waals surface area contributed by atoms with Gasteiger partial charge in [0.2, 0.25) is 5.78 Å². The maximum atomic E-state index is 11.9. The Labute approximate surface area is 105 Å². The molecule has 0 radical (unpaired) electrons. The number of alkyl halides is 1. The molecule has 1 aromatic rings. The summed E-state index contributed by atoms with van der Waals surface area (Å²) in [4.78, 5) is 11.9. The number of hydrogen-bond acceptors (Lipinski definition) is 3. The Balaban J connectivity index is 2.29. The van der Waals surface area contributed by atoms with Crippen molar-refractivity contribution in [2.45, 2.75) is 25.1 Å². The van der Waals surface area contributed by atoms with Gasteiger partial charge in [-0.05, 0) is 24.6 Å². The Morgan fingerprint density at radius 1 is 1.53 bits per heavy atom. The Bertz CT molecular complexity index is 480. The van der Waals surface area contributed by atoms with Crippen LogP contribution in [-0.2, 0) is 0 Å². The zero-order valence-corrected chi connectivity index (χ0v) is 10.2. The summed E-state index contributed by atoms with van der Waals surface area (Å²) >= 11 is 6.04. The summed E-state index contributed by atoms with van der Waals surface area (Å²) in [5, 5.41) is 9.37. The van der Waals surface area contributed by atoms with E-state index in [1.54, 1.807) is 18.2 Å². The largest absolute Gasteiger partial charge is 0.507 e. The fourth-order valence-corrected chi connectivity index (χ4v) is 2.09. The van der Waals surface area contributed by atoms with Crippen molar-refractivity contribution in [1.82, 2.24) is 0 Å². The van der Waals surface area contributed by atoms with Gasteiger partial charge >= 0.3 is 0 Å². The number of ether oxygens (including phenoxy) is 1. The van der Waals surface area contributed by atoms with Crippen LogP contribution in [0.15, 0.2) is 30.0 Å². The molecule has 1 N–H and O–H groups in total. The molecule has 17 heavy (non-hydrogen) atoms. The summed E-state index contributed by atoms with van der Waals surface area (Å²) in [5.74, 6) is 0.230. The van der Waals surface area contributed by atoms with Crippen LogP contribution in [0.1, 0.15) is 30.1 Å². The first-order valence-corrected chi connectivity index (χ1v) is 5.97. The SMILES string of the molecule is CCCC(Cl)C=C1Oc2cccc(O)c2C1=O. The molecule has 1 atom stereocenters. The fraction of sp³-hybridized carbons (Fsp3) is 0.308. The van der Waals surface area contributed by atoms with Crippen molar-refractivity contribution in [3.05, 3.63) is 35.6 Å². The second kappa shape index (κ2) is 4.80. The molecule has 3 nitrogen and oxygen atoms in total. The van der Waals surface area contributed by atoms with Crippen molar-refractivity contribution in [1.29, 1.82) is 0 Å². The number of fused-ring (bicyclic) bond motifs is 1. The number of phenols is 1. The Morgan fingerprint density at radius 3 is 2.94 bits per heavy atom. The number of rotatable bonds is 3. The molecule has 0 saturated carbocycles. The van der Waals surface area contributed by atoms with Gasteiger partial charge in [-0.2, -0.15) is 0 Å². The lowest BCUT2D eigenvalue weighted by Gasteiger charge is -2.02. The van der Waals surface area contributed by atoms with E-state index in [0.717, 1.165) is 12.8 Å². The van der Waals surface area contributed by atoms with Crippen molar-refractivity contribution in [3.63, 3.8) is 0 Å². The van der Waals surface area contributed by atoms with Gasteiger partial charge in [0.1, 0.15) is 17.1 Å². The third-order valence-electron chi connectivity index (χ3n) is 2.57. The molecule has 0 aliphatic carbocycles. The molecule has 1 aliphatic heterocycles. The van der Waals surface area contributed by atoms with Crippen molar-refractivity contribution in [2.24, 2.45) is 0 Å². The number of allylic oxidation sites excluding steroid dienone is 2. The second-order valence-electron chi connectivity index (χ2n) is 3.92. The van der Waals surface area contributed by atoms with E-state index in [4.69, 9.17) is 16.3 Å². The number of benzene rings is 1. The lowest BCUT2D eigenvalue weighted by molar-refractivity contribution is 0.101. The first-order valence-electron chi connectivity index (χ1n) is 5.54. The monoisotopic (exact) mass is 252 g/mol. The first kappa shape index (κ1) is 12.0. The van der Waals surface area contributed by atoms with Crippen molar-refractivity contribution < 1.29 is 14.6 Å². The molecule has 90 valence electrons. The molecular formula is C13H13ClO3. The van der Waals surface area contributed by atoms with Crippen LogP contribution in [0.4, 0.5) is 0 Å². The molecule has 1 heterocycles. The quantitative estimate of drug-likeness (QED) is 0.663. The first-order chi connectivity index (χ1) is 8.13. The molecule has 0 aromatic heterocycles. The fourth-order valence-electron chi connectivity index (χ4n) is 1.75. The zero-order chi connectivity index (χ0) is 12.4. The van der Waals surface area contributed by atoms with Crippen LogP contribution in [0.2, 0.25) is 0 Å². The number of ketones is 1. The number of Topliss-reactive ketones (excluding diaryl/α,β-unsaturated/α-hetero) is 1. The molecule has 0 saturated heterocycles. The minimum Gasteiger partial charge on any atom is -0.507 e. The Kier molecular flexibility index (Phi) is 3.38. The van der Waals surface area contributed by atoms with E-state index in [-0.39, 0.29) is 28.2 Å². The van der Waals surface area contributed by atoms with Crippen LogP contribution in [0, 0.1) is 0 Å². The molecule has 0 fully saturated rings. The van der Waals surface area contributed by atoms with E-state index in [1.807, 2.05) is 6.92 Å². The number of hydrogen-bond donors (Lipinski definition) is 1. The Morgan fingerprint density at radius 2 is 2.29 bits per heavy atom. The Hall–Kier alpha value is -1.48. The summed E-state index contributed by atoms with van der Waals surface area (Å²) < 4.78 is 5.38. The summed E-state index contributed by atoms with van der Waals surface area (Å²) in [7, 11) is 0. The molecule has 0 amide bonds. The lowest BCUT2D eigenvalue weighted by Crippen LogP contribution is -2.03. The number of phenolic OH excluding ortho intramolecular Hbond substituents is 1. The second-order valence-corrected chi connectivity index (χ2v) is 4.48. The summed E-state index contributed by atoms with van der Waals surface area (Å²) in [6.07, 6.45) is 3.32. The third-order valence-corrected chi connectivity index (χ3v) is 2.92. The van der Waals surface area contributed by atoms with Gasteiger partial charge in [-0.15, -0.1) is 11.6 Å². The predicted octanol–water partition coefficient (Wildman–Crippen LogP) is 3.26. The molecule has 2 rings (SSSR count). The van der Waals surface area contributed by atoms with E-state index in [1.165, 1.54) is 6.07 Å². The van der Waals surface area contributed by atoms with Crippen LogP contribution in [0.25, 0.3) is 0 Å². The highest BCUT2D eigenvalue weighted by Crippen LogP contribution is 2.37. The van der Waals surface area contributed by atoms with E-state index in [0.29, 0.717) is 5.75 Å².